The van der Waals surface area contributed by atoms with Crippen LogP contribution in [-0.4, -0.2) is 37.0 Å². The van der Waals surface area contributed by atoms with Crippen LogP contribution in [0.25, 0.3) is 0 Å². The van der Waals surface area contributed by atoms with Crippen LogP contribution in [0.5, 0.6) is 0 Å². The third-order valence-electron chi connectivity index (χ3n) is 3.25. The highest BCUT2D eigenvalue weighted by molar-refractivity contribution is 5.75. The summed E-state index contributed by atoms with van der Waals surface area (Å²) < 4.78 is 26.9. The summed E-state index contributed by atoms with van der Waals surface area (Å²) in [5.41, 5.74) is 5.97. The quantitative estimate of drug-likeness (QED) is 0.586. The molecule has 1 saturated heterocycles. The Kier molecular flexibility index (Phi) is 3.36. The molecule has 0 spiro atoms. The Hall–Kier alpha value is -1.85. The van der Waals surface area contributed by atoms with E-state index in [-0.39, 0.29) is 11.5 Å². The summed E-state index contributed by atoms with van der Waals surface area (Å²) in [6.45, 7) is 3.80. The number of nitrogens with zero attached hydrogens (tertiary/aromatic N) is 2. The van der Waals surface area contributed by atoms with Crippen molar-refractivity contribution in [1.82, 2.24) is 4.90 Å². The van der Waals surface area contributed by atoms with Gasteiger partial charge in [0.2, 0.25) is 0 Å². The van der Waals surface area contributed by atoms with Gasteiger partial charge in [-0.05, 0) is 19.1 Å². The first-order valence-electron chi connectivity index (χ1n) is 5.78. The van der Waals surface area contributed by atoms with Gasteiger partial charge in [-0.15, -0.1) is 0 Å². The van der Waals surface area contributed by atoms with Crippen molar-refractivity contribution < 1.29 is 8.78 Å². The molecule has 3 N–H and O–H groups in total. The van der Waals surface area contributed by atoms with E-state index in [0.29, 0.717) is 31.9 Å². The zero-order chi connectivity index (χ0) is 13.3. The average molecular weight is 254 g/mol. The van der Waals surface area contributed by atoms with Crippen LogP contribution in [0.3, 0.4) is 0 Å². The molecule has 0 bridgehead atoms. The maximum absolute atomic E-state index is 13.5. The highest BCUT2D eigenvalue weighted by Gasteiger charge is 2.19. The van der Waals surface area contributed by atoms with Crippen molar-refractivity contribution in [2.75, 3.05) is 31.1 Å². The van der Waals surface area contributed by atoms with E-state index in [1.54, 1.807) is 4.90 Å². The van der Waals surface area contributed by atoms with Gasteiger partial charge in [0.05, 0.1) is 0 Å². The van der Waals surface area contributed by atoms with Crippen molar-refractivity contribution in [2.45, 2.75) is 6.92 Å². The Balaban J connectivity index is 2.12. The molecule has 0 unspecified atom stereocenters. The molecule has 0 atom stereocenters. The lowest BCUT2D eigenvalue weighted by atomic mass is 10.1. The van der Waals surface area contributed by atoms with Crippen LogP contribution in [0.1, 0.15) is 5.56 Å². The minimum Gasteiger partial charge on any atom is -0.370 e. The van der Waals surface area contributed by atoms with Gasteiger partial charge in [-0.1, -0.05) is 0 Å². The fraction of sp³-hybridized carbons (Fsp3) is 0.417. The highest BCUT2D eigenvalue weighted by atomic mass is 19.1. The molecule has 1 fully saturated rings. The Morgan fingerprint density at radius 1 is 1.17 bits per heavy atom. The summed E-state index contributed by atoms with van der Waals surface area (Å²) in [5.74, 6) is -1.02. The topological polar surface area (TPSA) is 56.4 Å². The summed E-state index contributed by atoms with van der Waals surface area (Å²) in [4.78, 5) is 3.63. The molecule has 18 heavy (non-hydrogen) atoms. The molecule has 0 radical (unpaired) electrons. The molecule has 0 aliphatic carbocycles. The molecule has 98 valence electrons. The summed E-state index contributed by atoms with van der Waals surface area (Å²) in [5, 5.41) is 7.32. The maximum Gasteiger partial charge on any atom is 0.188 e. The predicted octanol–water partition coefficient (Wildman–Crippen LogP) is 1.29. The van der Waals surface area contributed by atoms with Crippen molar-refractivity contribution in [3.05, 3.63) is 29.3 Å². The van der Waals surface area contributed by atoms with Crippen molar-refractivity contribution in [1.29, 1.82) is 5.41 Å². The van der Waals surface area contributed by atoms with Gasteiger partial charge < -0.3 is 15.5 Å². The fourth-order valence-electron chi connectivity index (χ4n) is 2.02. The second-order valence-corrected chi connectivity index (χ2v) is 4.39. The second-order valence-electron chi connectivity index (χ2n) is 4.39. The van der Waals surface area contributed by atoms with Crippen LogP contribution in [0.2, 0.25) is 0 Å². The zero-order valence-electron chi connectivity index (χ0n) is 10.2. The van der Waals surface area contributed by atoms with Gasteiger partial charge in [-0.2, -0.15) is 0 Å². The number of rotatable bonds is 1. The van der Waals surface area contributed by atoms with Crippen molar-refractivity contribution in [3.63, 3.8) is 0 Å². The zero-order valence-corrected chi connectivity index (χ0v) is 10.2. The molecular weight excluding hydrogens is 238 g/mol. The van der Waals surface area contributed by atoms with E-state index < -0.39 is 11.6 Å². The number of hydrogen-bond acceptors (Lipinski definition) is 2. The molecule has 0 aromatic heterocycles. The van der Waals surface area contributed by atoms with Crippen LogP contribution >= 0.6 is 0 Å². The van der Waals surface area contributed by atoms with E-state index in [0.717, 1.165) is 0 Å². The number of guanidine groups is 1. The SMILES string of the molecule is Cc1c(F)cc(N2CCN(C(=N)N)CC2)cc1F. The van der Waals surface area contributed by atoms with Crippen LogP contribution in [0.15, 0.2) is 12.1 Å². The molecule has 2 rings (SSSR count). The van der Waals surface area contributed by atoms with E-state index in [1.165, 1.54) is 19.1 Å². The Bertz CT molecular complexity index is 444. The van der Waals surface area contributed by atoms with Gasteiger partial charge in [-0.25, -0.2) is 8.78 Å². The average Bonchev–Trinajstić information content (AvgIpc) is 2.35. The summed E-state index contributed by atoms with van der Waals surface area (Å²) in [7, 11) is 0. The highest BCUT2D eigenvalue weighted by Crippen LogP contribution is 2.22. The minimum atomic E-state index is -0.529. The summed E-state index contributed by atoms with van der Waals surface area (Å²) in [6.07, 6.45) is 0. The predicted molar refractivity (Wildman–Crippen MR) is 66.8 cm³/mol. The number of halogens is 2. The number of hydrogen-bond donors (Lipinski definition) is 2. The molecule has 6 heteroatoms. The first-order chi connectivity index (χ1) is 8.49. The first kappa shape index (κ1) is 12.6. The Labute approximate surface area is 104 Å². The van der Waals surface area contributed by atoms with E-state index in [4.69, 9.17) is 11.1 Å². The monoisotopic (exact) mass is 254 g/mol. The molecule has 4 nitrogen and oxygen atoms in total. The molecule has 1 aliphatic heterocycles. The molecule has 1 aliphatic rings. The summed E-state index contributed by atoms with van der Waals surface area (Å²) >= 11 is 0. The van der Waals surface area contributed by atoms with Gasteiger partial charge in [-0.3, -0.25) is 5.41 Å². The van der Waals surface area contributed by atoms with Crippen LogP contribution in [-0.2, 0) is 0 Å². The molecule has 0 saturated carbocycles. The summed E-state index contributed by atoms with van der Waals surface area (Å²) in [6, 6.07) is 2.70. The lowest BCUT2D eigenvalue weighted by Crippen LogP contribution is -2.50. The number of benzene rings is 1. The number of nitrogens with one attached hydrogen (secondary N) is 1. The van der Waals surface area contributed by atoms with Gasteiger partial charge in [0.25, 0.3) is 0 Å². The van der Waals surface area contributed by atoms with E-state index in [2.05, 4.69) is 0 Å². The molecule has 1 aromatic rings. The van der Waals surface area contributed by atoms with E-state index in [9.17, 15) is 8.78 Å². The minimum absolute atomic E-state index is 0.0379. The second kappa shape index (κ2) is 4.80. The normalized spacial score (nSPS) is 15.9. The van der Waals surface area contributed by atoms with Gasteiger partial charge in [0.1, 0.15) is 11.6 Å². The number of nitrogens with two attached hydrogens (primary N) is 1. The lowest BCUT2D eigenvalue weighted by Gasteiger charge is -2.36. The largest absolute Gasteiger partial charge is 0.370 e. The third-order valence-corrected chi connectivity index (χ3v) is 3.25. The molecule has 0 amide bonds. The van der Waals surface area contributed by atoms with E-state index in [1.807, 2.05) is 4.90 Å². The van der Waals surface area contributed by atoms with Crippen LogP contribution in [0.4, 0.5) is 14.5 Å². The van der Waals surface area contributed by atoms with Gasteiger partial charge in [0, 0.05) is 37.4 Å². The smallest absolute Gasteiger partial charge is 0.188 e. The fourth-order valence-corrected chi connectivity index (χ4v) is 2.02. The van der Waals surface area contributed by atoms with Crippen molar-refractivity contribution in [2.24, 2.45) is 5.73 Å². The first-order valence-corrected chi connectivity index (χ1v) is 5.78. The molecular formula is C12H16F2N4. The van der Waals surface area contributed by atoms with E-state index >= 15 is 0 Å². The Morgan fingerprint density at radius 2 is 1.67 bits per heavy atom. The molecule has 1 aromatic carbocycles. The van der Waals surface area contributed by atoms with Crippen LogP contribution < -0.4 is 10.6 Å². The maximum atomic E-state index is 13.5. The lowest BCUT2D eigenvalue weighted by molar-refractivity contribution is 0.379. The number of anilines is 1. The van der Waals surface area contributed by atoms with Gasteiger partial charge >= 0.3 is 0 Å². The molecule has 1 heterocycles. The third kappa shape index (κ3) is 2.37. The van der Waals surface area contributed by atoms with Crippen LogP contribution in [0, 0.1) is 24.0 Å². The van der Waals surface area contributed by atoms with Crippen molar-refractivity contribution >= 4 is 11.6 Å². The number of piperazine rings is 1. The van der Waals surface area contributed by atoms with Crippen molar-refractivity contribution in [3.8, 4) is 0 Å². The van der Waals surface area contributed by atoms with Gasteiger partial charge in [0.15, 0.2) is 5.96 Å². The standard InChI is InChI=1S/C12H16F2N4/c1-8-10(13)6-9(7-11(8)14)17-2-4-18(5-3-17)12(15)16/h6-7H,2-5H2,1H3,(H3,15,16). The Morgan fingerprint density at radius 3 is 2.11 bits per heavy atom.